The average Bonchev–Trinajstić information content (AvgIpc) is 2.28. The van der Waals surface area contributed by atoms with Gasteiger partial charge in [-0.05, 0) is 36.4 Å². The third-order valence-corrected chi connectivity index (χ3v) is 3.90. The van der Waals surface area contributed by atoms with Crippen LogP contribution in [-0.4, -0.2) is 10.9 Å². The number of carbonyl (C=O) groups is 1. The summed E-state index contributed by atoms with van der Waals surface area (Å²) in [5.41, 5.74) is 0.709. The topological polar surface area (TPSA) is 37.3 Å². The Morgan fingerprint density at radius 3 is 2.42 bits per heavy atom. The number of hydrogen-bond donors (Lipinski definition) is 1. The van der Waals surface area contributed by atoms with Crippen molar-refractivity contribution in [1.82, 2.24) is 0 Å². The highest BCUT2D eigenvalue weighted by Crippen LogP contribution is 2.37. The number of aliphatic hydroxyl groups is 1. The Hall–Kier alpha value is -0.900. The summed E-state index contributed by atoms with van der Waals surface area (Å²) < 4.78 is 0. The molecule has 1 N–H and O–H groups in total. The van der Waals surface area contributed by atoms with E-state index in [4.69, 9.17) is 23.2 Å². The summed E-state index contributed by atoms with van der Waals surface area (Å²) >= 11 is 13.1. The predicted molar refractivity (Wildman–Crippen MR) is 83.7 cm³/mol. The molecule has 0 aliphatic rings. The lowest BCUT2D eigenvalue weighted by molar-refractivity contribution is -0.116. The molecule has 0 aromatic heterocycles. The van der Waals surface area contributed by atoms with E-state index in [0.29, 0.717) is 20.5 Å². The van der Waals surface area contributed by atoms with Crippen molar-refractivity contribution in [3.8, 4) is 0 Å². The third kappa shape index (κ3) is 4.94. The summed E-state index contributed by atoms with van der Waals surface area (Å²) in [7, 11) is 0. The van der Waals surface area contributed by atoms with Gasteiger partial charge in [-0.15, -0.1) is 0 Å². The van der Waals surface area contributed by atoms with Crippen LogP contribution < -0.4 is 0 Å². The molecule has 0 bridgehead atoms. The molecule has 0 amide bonds. The standard InChI is InChI=1S/C14H14Cl2O2S/c1-8(2)19-14(13(18)6-9(3)17)10-4-5-11(15)12(16)7-10/h4-5,7,18H,1,6H2,2-3H3/b14-13+. The van der Waals surface area contributed by atoms with E-state index in [1.807, 2.05) is 6.92 Å². The summed E-state index contributed by atoms with van der Waals surface area (Å²) in [5.74, 6) is -0.101. The number of thioether (sulfide) groups is 1. The van der Waals surface area contributed by atoms with Crippen molar-refractivity contribution in [1.29, 1.82) is 0 Å². The highest BCUT2D eigenvalue weighted by atomic mass is 35.5. The zero-order valence-electron chi connectivity index (χ0n) is 10.7. The summed E-state index contributed by atoms with van der Waals surface area (Å²) in [4.78, 5) is 12.5. The average molecular weight is 317 g/mol. The maximum absolute atomic E-state index is 11.1. The van der Waals surface area contributed by atoms with Gasteiger partial charge in [0.15, 0.2) is 0 Å². The van der Waals surface area contributed by atoms with Crippen LogP contribution in [0.15, 0.2) is 35.4 Å². The van der Waals surface area contributed by atoms with Crippen molar-refractivity contribution in [3.63, 3.8) is 0 Å². The molecule has 19 heavy (non-hydrogen) atoms. The quantitative estimate of drug-likeness (QED) is 0.732. The lowest BCUT2D eigenvalue weighted by atomic mass is 10.1. The predicted octanol–water partition coefficient (Wildman–Crippen LogP) is 5.47. The first-order chi connectivity index (χ1) is 8.81. The van der Waals surface area contributed by atoms with Crippen molar-refractivity contribution < 1.29 is 9.90 Å². The van der Waals surface area contributed by atoms with E-state index < -0.39 is 0 Å². The van der Waals surface area contributed by atoms with Crippen molar-refractivity contribution >= 4 is 45.7 Å². The Morgan fingerprint density at radius 1 is 1.32 bits per heavy atom. The highest BCUT2D eigenvalue weighted by molar-refractivity contribution is 8.11. The molecule has 1 aromatic rings. The summed E-state index contributed by atoms with van der Waals surface area (Å²) in [5, 5.41) is 10.9. The molecule has 102 valence electrons. The molecule has 0 saturated heterocycles. The number of benzene rings is 1. The molecule has 0 spiro atoms. The number of carbonyl (C=O) groups excluding carboxylic acids is 1. The van der Waals surface area contributed by atoms with Gasteiger partial charge in [-0.25, -0.2) is 0 Å². The first-order valence-electron chi connectivity index (χ1n) is 5.51. The van der Waals surface area contributed by atoms with Crippen molar-refractivity contribution in [2.24, 2.45) is 0 Å². The number of Topliss-reactive ketones (excluding diaryl/α,β-unsaturated/α-hetero) is 1. The molecule has 2 nitrogen and oxygen atoms in total. The van der Waals surface area contributed by atoms with E-state index in [9.17, 15) is 9.90 Å². The van der Waals surface area contributed by atoms with E-state index in [2.05, 4.69) is 6.58 Å². The van der Waals surface area contributed by atoms with E-state index in [1.54, 1.807) is 18.2 Å². The minimum Gasteiger partial charge on any atom is -0.511 e. The molecule has 1 rings (SSSR count). The number of rotatable bonds is 5. The molecule has 0 heterocycles. The van der Waals surface area contributed by atoms with Gasteiger partial charge >= 0.3 is 0 Å². The Labute approximate surface area is 127 Å². The van der Waals surface area contributed by atoms with Crippen LogP contribution in [0.2, 0.25) is 10.0 Å². The van der Waals surface area contributed by atoms with Crippen LogP contribution in [0.5, 0.6) is 0 Å². The number of ketones is 1. The summed E-state index contributed by atoms with van der Waals surface area (Å²) in [6.07, 6.45) is -0.0180. The van der Waals surface area contributed by atoms with Crippen LogP contribution in [0.1, 0.15) is 25.8 Å². The Bertz CT molecular complexity index is 550. The minimum atomic E-state index is -0.114. The maximum Gasteiger partial charge on any atom is 0.137 e. The van der Waals surface area contributed by atoms with E-state index in [0.717, 1.165) is 4.91 Å². The maximum atomic E-state index is 11.1. The largest absolute Gasteiger partial charge is 0.511 e. The Balaban J connectivity index is 3.26. The minimum absolute atomic E-state index is 0.0129. The van der Waals surface area contributed by atoms with Crippen LogP contribution in [0.25, 0.3) is 4.91 Å². The molecule has 0 aliphatic heterocycles. The molecule has 0 radical (unpaired) electrons. The molecule has 0 aliphatic carbocycles. The van der Waals surface area contributed by atoms with Gasteiger partial charge in [0.1, 0.15) is 11.5 Å². The second kappa shape index (κ2) is 7.04. The fraction of sp³-hybridized carbons (Fsp3) is 0.214. The zero-order valence-corrected chi connectivity index (χ0v) is 13.0. The first-order valence-corrected chi connectivity index (χ1v) is 7.09. The molecular weight excluding hydrogens is 303 g/mol. The van der Waals surface area contributed by atoms with Crippen molar-refractivity contribution in [2.45, 2.75) is 20.3 Å². The van der Waals surface area contributed by atoms with Gasteiger partial charge in [0.2, 0.25) is 0 Å². The fourth-order valence-electron chi connectivity index (χ4n) is 1.41. The van der Waals surface area contributed by atoms with E-state index in [-0.39, 0.29) is 18.0 Å². The van der Waals surface area contributed by atoms with Crippen LogP contribution in [-0.2, 0) is 4.79 Å². The lowest BCUT2D eigenvalue weighted by Gasteiger charge is -2.11. The van der Waals surface area contributed by atoms with Crippen LogP contribution >= 0.6 is 35.0 Å². The molecule has 5 heteroatoms. The zero-order chi connectivity index (χ0) is 14.6. The number of aliphatic hydroxyl groups excluding tert-OH is 1. The molecule has 0 saturated carbocycles. The molecule has 0 unspecified atom stereocenters. The number of allylic oxidation sites excluding steroid dienone is 2. The highest BCUT2D eigenvalue weighted by Gasteiger charge is 2.13. The first kappa shape index (κ1) is 16.2. The molecule has 1 aromatic carbocycles. The second-order valence-electron chi connectivity index (χ2n) is 4.09. The van der Waals surface area contributed by atoms with Crippen molar-refractivity contribution in [3.05, 3.63) is 51.1 Å². The van der Waals surface area contributed by atoms with Gasteiger partial charge < -0.3 is 5.11 Å². The number of halogens is 2. The van der Waals surface area contributed by atoms with E-state index in [1.165, 1.54) is 18.7 Å². The van der Waals surface area contributed by atoms with Gasteiger partial charge in [-0.2, -0.15) is 0 Å². The molecule has 0 fully saturated rings. The second-order valence-corrected chi connectivity index (χ2v) is 6.21. The Morgan fingerprint density at radius 2 is 1.95 bits per heavy atom. The normalized spacial score (nSPS) is 12.0. The van der Waals surface area contributed by atoms with E-state index >= 15 is 0 Å². The van der Waals surface area contributed by atoms with Crippen LogP contribution in [0, 0.1) is 0 Å². The smallest absolute Gasteiger partial charge is 0.137 e. The fourth-order valence-corrected chi connectivity index (χ4v) is 2.49. The van der Waals surface area contributed by atoms with Crippen molar-refractivity contribution in [2.75, 3.05) is 0 Å². The van der Waals surface area contributed by atoms with Gasteiger partial charge in [-0.3, -0.25) is 4.79 Å². The summed E-state index contributed by atoms with van der Waals surface area (Å²) in [6.45, 7) is 7.04. The van der Waals surface area contributed by atoms with Gasteiger partial charge in [0, 0.05) is 0 Å². The Kier molecular flexibility index (Phi) is 5.98. The van der Waals surface area contributed by atoms with Gasteiger partial charge in [-0.1, -0.05) is 47.6 Å². The third-order valence-electron chi connectivity index (χ3n) is 2.14. The molecule has 0 atom stereocenters. The SMILES string of the molecule is C=C(C)S/C(=C(/O)CC(C)=O)c1ccc(Cl)c(Cl)c1. The monoisotopic (exact) mass is 316 g/mol. The lowest BCUT2D eigenvalue weighted by Crippen LogP contribution is -1.96. The van der Waals surface area contributed by atoms with Crippen LogP contribution in [0.4, 0.5) is 0 Å². The molecular formula is C14H14Cl2O2S. The number of hydrogen-bond acceptors (Lipinski definition) is 3. The van der Waals surface area contributed by atoms with Gasteiger partial charge in [0.25, 0.3) is 0 Å². The van der Waals surface area contributed by atoms with Gasteiger partial charge in [0.05, 0.1) is 21.4 Å². The summed E-state index contributed by atoms with van der Waals surface area (Å²) in [6, 6.07) is 5.06. The van der Waals surface area contributed by atoms with Crippen LogP contribution in [0.3, 0.4) is 0 Å².